The monoisotopic (exact) mass is 263 g/mol. The van der Waals surface area contributed by atoms with Crippen LogP contribution in [0.3, 0.4) is 0 Å². The molecule has 2 atom stereocenters. The number of carboxylic acids is 1. The first-order valence-electron chi connectivity index (χ1n) is 4.96. The maximum atomic E-state index is 11.3. The van der Waals surface area contributed by atoms with E-state index < -0.39 is 30.0 Å². The van der Waals surface area contributed by atoms with Gasteiger partial charge >= 0.3 is 12.0 Å². The lowest BCUT2D eigenvalue weighted by atomic mass is 10.2. The van der Waals surface area contributed by atoms with Crippen LogP contribution >= 0.6 is 11.8 Å². The Morgan fingerprint density at radius 2 is 1.94 bits per heavy atom. The number of hydrogen-bond donors (Lipinski definition) is 4. The number of aliphatic carboxylic acids is 1. The molecule has 0 aliphatic carbocycles. The van der Waals surface area contributed by atoms with E-state index in [2.05, 4.69) is 10.6 Å². The van der Waals surface area contributed by atoms with Crippen LogP contribution in [0.25, 0.3) is 0 Å². The molecule has 0 saturated heterocycles. The molecule has 0 aromatic heterocycles. The van der Waals surface area contributed by atoms with E-state index in [0.717, 1.165) is 0 Å². The highest BCUT2D eigenvalue weighted by Gasteiger charge is 2.20. The number of thioether (sulfide) groups is 1. The van der Waals surface area contributed by atoms with Gasteiger partial charge < -0.3 is 21.5 Å². The molecule has 17 heavy (non-hydrogen) atoms. The molecule has 0 aliphatic heterocycles. The third kappa shape index (κ3) is 6.67. The molecule has 0 heterocycles. The summed E-state index contributed by atoms with van der Waals surface area (Å²) in [6.45, 7) is 1.42. The number of urea groups is 1. The fraction of sp³-hybridized carbons (Fsp3) is 0.667. The van der Waals surface area contributed by atoms with Gasteiger partial charge in [0, 0.05) is 0 Å². The summed E-state index contributed by atoms with van der Waals surface area (Å²) in [4.78, 5) is 32.8. The molecule has 2 unspecified atom stereocenters. The molecule has 0 rings (SSSR count). The van der Waals surface area contributed by atoms with Crippen LogP contribution in [0, 0.1) is 0 Å². The number of carbonyl (C=O) groups is 3. The second-order valence-corrected chi connectivity index (χ2v) is 4.40. The minimum absolute atomic E-state index is 0.314. The van der Waals surface area contributed by atoms with Crippen molar-refractivity contribution in [2.45, 2.75) is 25.4 Å². The first-order chi connectivity index (χ1) is 7.88. The fourth-order valence-electron chi connectivity index (χ4n) is 0.961. The van der Waals surface area contributed by atoms with E-state index in [1.807, 2.05) is 6.26 Å². The van der Waals surface area contributed by atoms with Crippen LogP contribution in [-0.2, 0) is 9.59 Å². The number of hydrogen-bond acceptors (Lipinski definition) is 4. The summed E-state index contributed by atoms with van der Waals surface area (Å²) in [5.41, 5.74) is 4.95. The fourth-order valence-corrected chi connectivity index (χ4v) is 1.43. The molecule has 98 valence electrons. The quantitative estimate of drug-likeness (QED) is 0.487. The number of nitrogens with one attached hydrogen (secondary N) is 2. The topological polar surface area (TPSA) is 122 Å². The molecule has 3 amide bonds. The van der Waals surface area contributed by atoms with E-state index in [0.29, 0.717) is 12.2 Å². The van der Waals surface area contributed by atoms with Crippen molar-refractivity contribution in [1.82, 2.24) is 10.6 Å². The summed E-state index contributed by atoms with van der Waals surface area (Å²) in [6.07, 6.45) is 2.16. The van der Waals surface area contributed by atoms with Crippen LogP contribution in [0.2, 0.25) is 0 Å². The molecule has 7 nitrogen and oxygen atoms in total. The average molecular weight is 263 g/mol. The predicted molar refractivity (Wildman–Crippen MR) is 64.7 cm³/mol. The van der Waals surface area contributed by atoms with E-state index in [1.54, 1.807) is 0 Å². The van der Waals surface area contributed by atoms with Crippen LogP contribution in [0.4, 0.5) is 4.79 Å². The van der Waals surface area contributed by atoms with E-state index in [4.69, 9.17) is 10.8 Å². The van der Waals surface area contributed by atoms with Gasteiger partial charge in [0.2, 0.25) is 5.91 Å². The van der Waals surface area contributed by atoms with Crippen LogP contribution < -0.4 is 16.4 Å². The standard InChI is InChI=1S/C9H17N3O4S/c1-5(7(10)13)11-9(16)12-6(8(14)15)3-4-17-2/h5-6H,3-4H2,1-2H3,(H2,10,13)(H,14,15)(H2,11,12,16). The zero-order chi connectivity index (χ0) is 13.4. The molecule has 0 aliphatic rings. The molecular formula is C9H17N3O4S. The molecule has 0 saturated carbocycles. The SMILES string of the molecule is CSCCC(NC(=O)NC(C)C(N)=O)C(=O)O. The number of primary amides is 1. The highest BCUT2D eigenvalue weighted by molar-refractivity contribution is 7.98. The number of carboxylic acid groups (broad SMARTS) is 1. The zero-order valence-corrected chi connectivity index (χ0v) is 10.5. The van der Waals surface area contributed by atoms with Gasteiger partial charge in [0.05, 0.1) is 0 Å². The van der Waals surface area contributed by atoms with Gasteiger partial charge in [-0.1, -0.05) is 0 Å². The Balaban J connectivity index is 4.21. The van der Waals surface area contributed by atoms with Gasteiger partial charge in [0.15, 0.2) is 0 Å². The summed E-state index contributed by atoms with van der Waals surface area (Å²) in [6, 6.07) is -2.53. The van der Waals surface area contributed by atoms with Crippen molar-refractivity contribution in [1.29, 1.82) is 0 Å². The van der Waals surface area contributed by atoms with E-state index in [-0.39, 0.29) is 0 Å². The molecule has 0 radical (unpaired) electrons. The lowest BCUT2D eigenvalue weighted by Crippen LogP contribution is -2.51. The van der Waals surface area contributed by atoms with Crippen LogP contribution in [0.15, 0.2) is 0 Å². The second kappa shape index (κ2) is 7.77. The molecule has 0 aromatic carbocycles. The Kier molecular flexibility index (Phi) is 7.11. The number of amides is 3. The van der Waals surface area contributed by atoms with Gasteiger partial charge in [-0.2, -0.15) is 11.8 Å². The summed E-state index contributed by atoms with van der Waals surface area (Å²) < 4.78 is 0. The third-order valence-corrected chi connectivity index (χ3v) is 2.63. The number of nitrogens with two attached hydrogens (primary N) is 1. The summed E-state index contributed by atoms with van der Waals surface area (Å²) in [5, 5.41) is 13.4. The van der Waals surface area contributed by atoms with Gasteiger partial charge in [0.25, 0.3) is 0 Å². The molecule has 0 aromatic rings. The predicted octanol–water partition coefficient (Wildman–Crippen LogP) is -0.634. The Hall–Kier alpha value is -1.44. The smallest absolute Gasteiger partial charge is 0.326 e. The number of rotatable bonds is 7. The van der Waals surface area contributed by atoms with Gasteiger partial charge in [-0.05, 0) is 25.4 Å². The maximum Gasteiger partial charge on any atom is 0.326 e. The molecular weight excluding hydrogens is 246 g/mol. The highest BCUT2D eigenvalue weighted by Crippen LogP contribution is 2.00. The van der Waals surface area contributed by atoms with Crippen molar-refractivity contribution in [2.75, 3.05) is 12.0 Å². The first-order valence-corrected chi connectivity index (χ1v) is 6.36. The Morgan fingerprint density at radius 1 is 1.35 bits per heavy atom. The normalized spacial score (nSPS) is 13.5. The Bertz CT molecular complexity index is 298. The first kappa shape index (κ1) is 15.6. The van der Waals surface area contributed by atoms with Crippen LogP contribution in [0.1, 0.15) is 13.3 Å². The van der Waals surface area contributed by atoms with Crippen LogP contribution in [-0.4, -0.2) is 47.1 Å². The van der Waals surface area contributed by atoms with Gasteiger partial charge in [-0.3, -0.25) is 4.79 Å². The lowest BCUT2D eigenvalue weighted by Gasteiger charge is -2.16. The van der Waals surface area contributed by atoms with Crippen molar-refractivity contribution in [3.05, 3.63) is 0 Å². The molecule has 0 fully saturated rings. The Morgan fingerprint density at radius 3 is 2.35 bits per heavy atom. The molecule has 0 bridgehead atoms. The highest BCUT2D eigenvalue weighted by atomic mass is 32.2. The van der Waals surface area contributed by atoms with E-state index in [1.165, 1.54) is 18.7 Å². The van der Waals surface area contributed by atoms with Gasteiger partial charge in [-0.15, -0.1) is 0 Å². The van der Waals surface area contributed by atoms with Gasteiger partial charge in [-0.25, -0.2) is 9.59 Å². The van der Waals surface area contributed by atoms with Crippen molar-refractivity contribution in [2.24, 2.45) is 5.73 Å². The summed E-state index contributed by atoms with van der Waals surface area (Å²) in [5.74, 6) is -1.18. The van der Waals surface area contributed by atoms with Gasteiger partial charge in [0.1, 0.15) is 12.1 Å². The number of carbonyl (C=O) groups excluding carboxylic acids is 2. The average Bonchev–Trinajstić information content (AvgIpc) is 2.23. The zero-order valence-electron chi connectivity index (χ0n) is 9.73. The minimum atomic E-state index is -1.11. The van der Waals surface area contributed by atoms with Crippen molar-refractivity contribution in [3.8, 4) is 0 Å². The summed E-state index contributed by atoms with van der Waals surface area (Å²) in [7, 11) is 0. The van der Waals surface area contributed by atoms with Crippen molar-refractivity contribution >= 4 is 29.7 Å². The third-order valence-electron chi connectivity index (χ3n) is 1.99. The van der Waals surface area contributed by atoms with E-state index in [9.17, 15) is 14.4 Å². The maximum absolute atomic E-state index is 11.3. The van der Waals surface area contributed by atoms with Crippen molar-refractivity contribution < 1.29 is 19.5 Å². The van der Waals surface area contributed by atoms with E-state index >= 15 is 0 Å². The van der Waals surface area contributed by atoms with Crippen molar-refractivity contribution in [3.63, 3.8) is 0 Å². The Labute approximate surface area is 104 Å². The summed E-state index contributed by atoms with van der Waals surface area (Å²) >= 11 is 1.48. The molecule has 8 heteroatoms. The lowest BCUT2D eigenvalue weighted by molar-refractivity contribution is -0.139. The largest absolute Gasteiger partial charge is 0.480 e. The van der Waals surface area contributed by atoms with Crippen LogP contribution in [0.5, 0.6) is 0 Å². The second-order valence-electron chi connectivity index (χ2n) is 3.41. The molecule has 0 spiro atoms. The minimum Gasteiger partial charge on any atom is -0.480 e. The molecule has 5 N–H and O–H groups in total.